The number of aromatic nitrogens is 2. The SMILES string of the molecule is OC1CCc2nc(C3CCSCC3)cn2C1. The number of imidazole rings is 1. The molecule has 1 atom stereocenters. The Bertz CT molecular complexity index is 371. The van der Waals surface area contributed by atoms with E-state index < -0.39 is 0 Å². The third-order valence-corrected chi connectivity index (χ3v) is 4.67. The summed E-state index contributed by atoms with van der Waals surface area (Å²) in [5.74, 6) is 4.39. The molecule has 3 nitrogen and oxygen atoms in total. The van der Waals surface area contributed by atoms with Gasteiger partial charge in [-0.25, -0.2) is 4.98 Å². The van der Waals surface area contributed by atoms with Gasteiger partial charge in [0, 0.05) is 25.1 Å². The Hall–Kier alpha value is -0.480. The van der Waals surface area contributed by atoms with Crippen LogP contribution in [0.25, 0.3) is 0 Å². The number of hydrogen-bond donors (Lipinski definition) is 1. The molecule has 4 heteroatoms. The summed E-state index contributed by atoms with van der Waals surface area (Å²) in [6.45, 7) is 0.740. The molecule has 16 heavy (non-hydrogen) atoms. The van der Waals surface area contributed by atoms with Gasteiger partial charge < -0.3 is 9.67 Å². The molecule has 0 saturated carbocycles. The largest absolute Gasteiger partial charge is 0.391 e. The van der Waals surface area contributed by atoms with Gasteiger partial charge in [0.05, 0.1) is 11.8 Å². The zero-order valence-electron chi connectivity index (χ0n) is 9.43. The highest BCUT2D eigenvalue weighted by Gasteiger charge is 2.23. The van der Waals surface area contributed by atoms with E-state index in [-0.39, 0.29) is 6.10 Å². The molecule has 2 aliphatic rings. The second kappa shape index (κ2) is 4.41. The lowest BCUT2D eigenvalue weighted by atomic mass is 10.00. The van der Waals surface area contributed by atoms with Crippen LogP contribution < -0.4 is 0 Å². The zero-order chi connectivity index (χ0) is 11.0. The normalized spacial score (nSPS) is 26.7. The first-order chi connectivity index (χ1) is 7.83. The van der Waals surface area contributed by atoms with Crippen molar-refractivity contribution in [3.63, 3.8) is 0 Å². The molecule has 0 amide bonds. The van der Waals surface area contributed by atoms with Crippen molar-refractivity contribution in [1.82, 2.24) is 9.55 Å². The highest BCUT2D eigenvalue weighted by molar-refractivity contribution is 7.99. The van der Waals surface area contributed by atoms with Crippen LogP contribution in [-0.4, -0.2) is 32.3 Å². The molecule has 1 N–H and O–H groups in total. The molecule has 1 aromatic heterocycles. The molecule has 0 spiro atoms. The van der Waals surface area contributed by atoms with Crippen molar-refractivity contribution in [1.29, 1.82) is 0 Å². The second-order valence-electron chi connectivity index (χ2n) is 4.81. The van der Waals surface area contributed by atoms with E-state index in [1.807, 2.05) is 0 Å². The summed E-state index contributed by atoms with van der Waals surface area (Å²) in [4.78, 5) is 4.75. The van der Waals surface area contributed by atoms with Crippen molar-refractivity contribution >= 4 is 11.8 Å². The van der Waals surface area contributed by atoms with E-state index in [0.717, 1.165) is 19.4 Å². The standard InChI is InChI=1S/C12H18N2OS/c15-10-1-2-12-13-11(8-14(12)7-10)9-3-5-16-6-4-9/h8-10,15H,1-7H2. The second-order valence-corrected chi connectivity index (χ2v) is 6.04. The van der Waals surface area contributed by atoms with Crippen molar-refractivity contribution in [2.24, 2.45) is 0 Å². The molecule has 3 heterocycles. The molecule has 1 saturated heterocycles. The number of aliphatic hydroxyl groups is 1. The topological polar surface area (TPSA) is 38.1 Å². The Labute approximate surface area is 100 Å². The molecule has 1 aromatic rings. The maximum Gasteiger partial charge on any atom is 0.109 e. The molecule has 88 valence electrons. The number of rotatable bonds is 1. The van der Waals surface area contributed by atoms with Gasteiger partial charge in [0.25, 0.3) is 0 Å². The predicted molar refractivity (Wildman–Crippen MR) is 65.9 cm³/mol. The molecule has 0 radical (unpaired) electrons. The number of aryl methyl sites for hydroxylation is 1. The van der Waals surface area contributed by atoms with Gasteiger partial charge in [0.2, 0.25) is 0 Å². The molecular formula is C12H18N2OS. The van der Waals surface area contributed by atoms with Crippen molar-refractivity contribution in [3.05, 3.63) is 17.7 Å². The summed E-state index contributed by atoms with van der Waals surface area (Å²) in [7, 11) is 0. The Morgan fingerprint density at radius 2 is 2.12 bits per heavy atom. The van der Waals surface area contributed by atoms with Gasteiger partial charge >= 0.3 is 0 Å². The Morgan fingerprint density at radius 3 is 2.94 bits per heavy atom. The minimum Gasteiger partial charge on any atom is -0.391 e. The van der Waals surface area contributed by atoms with Crippen LogP contribution in [0.1, 0.15) is 36.7 Å². The lowest BCUT2D eigenvalue weighted by Gasteiger charge is -2.19. The van der Waals surface area contributed by atoms with Crippen LogP contribution in [0.3, 0.4) is 0 Å². The summed E-state index contributed by atoms with van der Waals surface area (Å²) >= 11 is 2.05. The monoisotopic (exact) mass is 238 g/mol. The van der Waals surface area contributed by atoms with Crippen LogP contribution in [0.15, 0.2) is 6.20 Å². The summed E-state index contributed by atoms with van der Waals surface area (Å²) in [5, 5.41) is 9.62. The Kier molecular flexibility index (Phi) is 2.94. The molecular weight excluding hydrogens is 220 g/mol. The smallest absolute Gasteiger partial charge is 0.109 e. The molecule has 0 aromatic carbocycles. The number of aliphatic hydroxyl groups excluding tert-OH is 1. The molecule has 2 aliphatic heterocycles. The Morgan fingerprint density at radius 1 is 1.31 bits per heavy atom. The third-order valence-electron chi connectivity index (χ3n) is 3.63. The van der Waals surface area contributed by atoms with E-state index >= 15 is 0 Å². The highest BCUT2D eigenvalue weighted by atomic mass is 32.2. The van der Waals surface area contributed by atoms with Crippen LogP contribution in [-0.2, 0) is 13.0 Å². The van der Waals surface area contributed by atoms with Crippen molar-refractivity contribution < 1.29 is 5.11 Å². The minimum absolute atomic E-state index is 0.170. The van der Waals surface area contributed by atoms with Crippen LogP contribution in [0, 0.1) is 0 Å². The van der Waals surface area contributed by atoms with Crippen LogP contribution in [0.5, 0.6) is 0 Å². The average Bonchev–Trinajstić information content (AvgIpc) is 2.73. The van der Waals surface area contributed by atoms with Crippen molar-refractivity contribution in [3.8, 4) is 0 Å². The molecule has 0 bridgehead atoms. The zero-order valence-corrected chi connectivity index (χ0v) is 10.2. The van der Waals surface area contributed by atoms with Crippen LogP contribution >= 0.6 is 11.8 Å². The van der Waals surface area contributed by atoms with E-state index in [0.29, 0.717) is 5.92 Å². The highest BCUT2D eigenvalue weighted by Crippen LogP contribution is 2.31. The van der Waals surface area contributed by atoms with Gasteiger partial charge in [0.1, 0.15) is 5.82 Å². The summed E-state index contributed by atoms with van der Waals surface area (Å²) in [5.41, 5.74) is 1.27. The van der Waals surface area contributed by atoms with Gasteiger partial charge in [0.15, 0.2) is 0 Å². The number of fused-ring (bicyclic) bond motifs is 1. The fraction of sp³-hybridized carbons (Fsp3) is 0.750. The van der Waals surface area contributed by atoms with Crippen LogP contribution in [0.2, 0.25) is 0 Å². The first kappa shape index (κ1) is 10.7. The van der Waals surface area contributed by atoms with Crippen LogP contribution in [0.4, 0.5) is 0 Å². The predicted octanol–water partition coefficient (Wildman–Crippen LogP) is 1.80. The minimum atomic E-state index is -0.170. The molecule has 0 aliphatic carbocycles. The van der Waals surface area contributed by atoms with Gasteiger partial charge in [-0.05, 0) is 30.8 Å². The first-order valence-corrected chi connectivity index (χ1v) is 7.30. The van der Waals surface area contributed by atoms with Gasteiger partial charge in [-0.2, -0.15) is 11.8 Å². The Balaban J connectivity index is 1.80. The lowest BCUT2D eigenvalue weighted by Crippen LogP contribution is -2.23. The number of hydrogen-bond acceptors (Lipinski definition) is 3. The van der Waals surface area contributed by atoms with E-state index in [4.69, 9.17) is 4.98 Å². The number of nitrogens with zero attached hydrogens (tertiary/aromatic N) is 2. The summed E-state index contributed by atoms with van der Waals surface area (Å²) in [6.07, 6.45) is 6.35. The fourth-order valence-corrected chi connectivity index (χ4v) is 3.74. The van der Waals surface area contributed by atoms with E-state index in [2.05, 4.69) is 22.5 Å². The van der Waals surface area contributed by atoms with E-state index in [1.165, 1.54) is 35.9 Å². The number of thioether (sulfide) groups is 1. The first-order valence-electron chi connectivity index (χ1n) is 6.14. The molecule has 1 fully saturated rings. The lowest BCUT2D eigenvalue weighted by molar-refractivity contribution is 0.130. The van der Waals surface area contributed by atoms with Crippen molar-refractivity contribution in [2.75, 3.05) is 11.5 Å². The van der Waals surface area contributed by atoms with E-state index in [9.17, 15) is 5.11 Å². The fourth-order valence-electron chi connectivity index (χ4n) is 2.64. The molecule has 1 unspecified atom stereocenters. The molecule has 3 rings (SSSR count). The van der Waals surface area contributed by atoms with E-state index in [1.54, 1.807) is 0 Å². The quantitative estimate of drug-likeness (QED) is 0.811. The summed E-state index contributed by atoms with van der Waals surface area (Å²) in [6, 6.07) is 0. The van der Waals surface area contributed by atoms with Gasteiger partial charge in [-0.1, -0.05) is 0 Å². The maximum atomic E-state index is 9.62. The van der Waals surface area contributed by atoms with Gasteiger partial charge in [-0.3, -0.25) is 0 Å². The summed E-state index contributed by atoms with van der Waals surface area (Å²) < 4.78 is 2.16. The third kappa shape index (κ3) is 2.00. The average molecular weight is 238 g/mol. The van der Waals surface area contributed by atoms with Crippen molar-refractivity contribution in [2.45, 2.75) is 44.2 Å². The van der Waals surface area contributed by atoms with Gasteiger partial charge in [-0.15, -0.1) is 0 Å². The maximum absolute atomic E-state index is 9.62.